The summed E-state index contributed by atoms with van der Waals surface area (Å²) in [6.45, 7) is 12.9. The second kappa shape index (κ2) is 8.24. The third kappa shape index (κ3) is 4.66. The highest BCUT2D eigenvalue weighted by molar-refractivity contribution is 7.16. The quantitative estimate of drug-likeness (QED) is 0.410. The minimum Gasteiger partial charge on any atom is -0.252 e. The van der Waals surface area contributed by atoms with Gasteiger partial charge in [-0.25, -0.2) is 0 Å². The topological polar surface area (TPSA) is 24.7 Å². The van der Waals surface area contributed by atoms with Crippen molar-refractivity contribution in [1.82, 2.24) is 0 Å². The number of thiophene rings is 1. The van der Waals surface area contributed by atoms with Gasteiger partial charge in [0.05, 0.1) is 22.8 Å². The van der Waals surface area contributed by atoms with E-state index in [1.165, 1.54) is 20.9 Å². The summed E-state index contributed by atoms with van der Waals surface area (Å²) in [4.78, 5) is 12.1. The van der Waals surface area contributed by atoms with E-state index >= 15 is 0 Å². The van der Waals surface area contributed by atoms with E-state index in [1.54, 1.807) is 11.3 Å². The number of hydrogen-bond donors (Lipinski definition) is 0. The predicted molar refractivity (Wildman–Crippen MR) is 124 cm³/mol. The van der Waals surface area contributed by atoms with Crippen molar-refractivity contribution in [3.8, 4) is 0 Å². The molecule has 2 aromatic carbocycles. The zero-order chi connectivity index (χ0) is 20.3. The molecule has 0 fully saturated rings. The minimum atomic E-state index is 0.0672. The first-order valence-corrected chi connectivity index (χ1v) is 10.4. The van der Waals surface area contributed by atoms with Crippen molar-refractivity contribution >= 4 is 34.1 Å². The Bertz CT molecular complexity index is 1030. The number of aryl methyl sites for hydroxylation is 1. The molecular formula is C25H28N2S. The van der Waals surface area contributed by atoms with Gasteiger partial charge < -0.3 is 0 Å². The third-order valence-electron chi connectivity index (χ3n) is 4.72. The van der Waals surface area contributed by atoms with Gasteiger partial charge in [0.1, 0.15) is 0 Å². The van der Waals surface area contributed by atoms with Crippen LogP contribution < -0.4 is 0 Å². The highest BCUT2D eigenvalue weighted by atomic mass is 32.1. The third-order valence-corrected chi connectivity index (χ3v) is 6.03. The summed E-state index contributed by atoms with van der Waals surface area (Å²) < 4.78 is 0. The molecule has 2 nitrogen and oxygen atoms in total. The van der Waals surface area contributed by atoms with Crippen LogP contribution in [-0.4, -0.2) is 11.4 Å². The Labute approximate surface area is 172 Å². The number of aliphatic imine (C=N–C) groups is 2. The van der Waals surface area contributed by atoms with Crippen molar-refractivity contribution in [2.45, 2.75) is 47.0 Å². The maximum Gasteiger partial charge on any atom is 0.0670 e. The van der Waals surface area contributed by atoms with E-state index in [4.69, 9.17) is 9.98 Å². The first-order chi connectivity index (χ1) is 13.3. The van der Waals surface area contributed by atoms with Gasteiger partial charge in [-0.05, 0) is 61.6 Å². The molecule has 0 aliphatic heterocycles. The van der Waals surface area contributed by atoms with E-state index in [0.29, 0.717) is 0 Å². The molecule has 0 saturated carbocycles. The molecule has 1 aromatic heterocycles. The van der Waals surface area contributed by atoms with Gasteiger partial charge >= 0.3 is 0 Å². The lowest BCUT2D eigenvalue weighted by atomic mass is 9.86. The van der Waals surface area contributed by atoms with Crippen LogP contribution in [0.3, 0.4) is 0 Å². The Balaban J connectivity index is 1.90. The van der Waals surface area contributed by atoms with Crippen LogP contribution in [0.25, 0.3) is 0 Å². The van der Waals surface area contributed by atoms with Gasteiger partial charge in [0, 0.05) is 9.75 Å². The lowest BCUT2D eigenvalue weighted by molar-refractivity contribution is 0.591. The van der Waals surface area contributed by atoms with Crippen LogP contribution in [-0.2, 0) is 5.41 Å². The zero-order valence-corrected chi connectivity index (χ0v) is 18.4. The Hall–Kier alpha value is -2.52. The molecule has 0 unspecified atom stereocenters. The molecule has 28 heavy (non-hydrogen) atoms. The van der Waals surface area contributed by atoms with Crippen LogP contribution in [0.1, 0.15) is 55.5 Å². The van der Waals surface area contributed by atoms with Gasteiger partial charge in [-0.2, -0.15) is 0 Å². The summed E-state index contributed by atoms with van der Waals surface area (Å²) in [5.74, 6) is 0. The van der Waals surface area contributed by atoms with Crippen LogP contribution in [0, 0.1) is 6.92 Å². The molecule has 0 spiro atoms. The molecule has 0 aliphatic rings. The van der Waals surface area contributed by atoms with Crippen molar-refractivity contribution in [2.24, 2.45) is 9.98 Å². The van der Waals surface area contributed by atoms with Crippen LogP contribution >= 0.6 is 11.3 Å². The molecule has 0 atom stereocenters. The van der Waals surface area contributed by atoms with Gasteiger partial charge in [0.15, 0.2) is 0 Å². The minimum absolute atomic E-state index is 0.0672. The second-order valence-corrected chi connectivity index (χ2v) is 9.20. The summed E-state index contributed by atoms with van der Waals surface area (Å²) in [6, 6.07) is 20.9. The van der Waals surface area contributed by atoms with Crippen LogP contribution in [0.15, 0.2) is 70.6 Å². The van der Waals surface area contributed by atoms with Crippen LogP contribution in [0.4, 0.5) is 11.4 Å². The van der Waals surface area contributed by atoms with Gasteiger partial charge in [0.25, 0.3) is 0 Å². The van der Waals surface area contributed by atoms with Crippen molar-refractivity contribution in [3.63, 3.8) is 0 Å². The van der Waals surface area contributed by atoms with Crippen LogP contribution in [0.2, 0.25) is 0 Å². The molecule has 0 radical (unpaired) electrons. The van der Waals surface area contributed by atoms with Crippen molar-refractivity contribution < 1.29 is 0 Å². The molecule has 0 aliphatic carbocycles. The highest BCUT2D eigenvalue weighted by Crippen LogP contribution is 2.32. The molecule has 3 rings (SSSR count). The first-order valence-electron chi connectivity index (χ1n) is 9.62. The summed E-state index contributed by atoms with van der Waals surface area (Å²) in [5, 5.41) is 0. The normalized spacial score (nSPS) is 13.1. The standard InChI is InChI=1S/C25H28N2S/c1-17-11-7-9-13-21(17)26-18(2)23-15-16-24(28-23)19(3)27-22-14-10-8-12-20(22)25(4,5)6/h7-16H,1-6H3. The Morgan fingerprint density at radius 2 is 1.21 bits per heavy atom. The molecule has 0 bridgehead atoms. The number of benzene rings is 2. The Morgan fingerprint density at radius 3 is 1.79 bits per heavy atom. The molecule has 1 heterocycles. The maximum atomic E-state index is 4.95. The molecule has 0 saturated heterocycles. The van der Waals surface area contributed by atoms with E-state index < -0.39 is 0 Å². The molecular weight excluding hydrogens is 360 g/mol. The van der Waals surface area contributed by atoms with Crippen LogP contribution in [0.5, 0.6) is 0 Å². The maximum absolute atomic E-state index is 4.95. The smallest absolute Gasteiger partial charge is 0.0670 e. The van der Waals surface area contributed by atoms with E-state index in [1.807, 2.05) is 12.1 Å². The Kier molecular flexibility index (Phi) is 5.95. The predicted octanol–water partition coefficient (Wildman–Crippen LogP) is 7.64. The number of para-hydroxylation sites is 2. The summed E-state index contributed by atoms with van der Waals surface area (Å²) >= 11 is 1.75. The fraction of sp³-hybridized carbons (Fsp3) is 0.280. The fourth-order valence-corrected chi connectivity index (χ4v) is 3.99. The number of hydrogen-bond acceptors (Lipinski definition) is 3. The average Bonchev–Trinajstić information content (AvgIpc) is 3.14. The van der Waals surface area contributed by atoms with Crippen molar-refractivity contribution in [3.05, 3.63) is 81.5 Å². The fourth-order valence-electron chi connectivity index (χ4n) is 3.09. The Morgan fingerprint density at radius 1 is 0.714 bits per heavy atom. The van der Waals surface area contributed by atoms with Gasteiger partial charge in [-0.3, -0.25) is 9.98 Å². The van der Waals surface area contributed by atoms with E-state index in [2.05, 4.69) is 90.1 Å². The molecule has 144 valence electrons. The SMILES string of the molecule is CC(=Nc1ccccc1C)c1ccc(C(C)=Nc2ccccc2C(C)(C)C)s1. The van der Waals surface area contributed by atoms with Gasteiger partial charge in [-0.1, -0.05) is 57.2 Å². The molecule has 3 heteroatoms. The van der Waals surface area contributed by atoms with Crippen molar-refractivity contribution in [2.75, 3.05) is 0 Å². The summed E-state index contributed by atoms with van der Waals surface area (Å²) in [7, 11) is 0. The highest BCUT2D eigenvalue weighted by Gasteiger charge is 2.17. The lowest BCUT2D eigenvalue weighted by Crippen LogP contribution is -2.11. The lowest BCUT2D eigenvalue weighted by Gasteiger charge is -2.21. The molecule has 3 aromatic rings. The number of nitrogens with zero attached hydrogens (tertiary/aromatic N) is 2. The molecule has 0 N–H and O–H groups in total. The number of rotatable bonds is 4. The second-order valence-electron chi connectivity index (χ2n) is 8.11. The summed E-state index contributed by atoms with van der Waals surface area (Å²) in [6.07, 6.45) is 0. The molecule has 0 amide bonds. The largest absolute Gasteiger partial charge is 0.252 e. The van der Waals surface area contributed by atoms with Gasteiger partial charge in [0.2, 0.25) is 0 Å². The van der Waals surface area contributed by atoms with Gasteiger partial charge in [-0.15, -0.1) is 11.3 Å². The first kappa shape index (κ1) is 20.2. The average molecular weight is 389 g/mol. The van der Waals surface area contributed by atoms with E-state index in [-0.39, 0.29) is 5.41 Å². The summed E-state index contributed by atoms with van der Waals surface area (Å²) in [5.41, 5.74) is 6.67. The van der Waals surface area contributed by atoms with Crippen molar-refractivity contribution in [1.29, 1.82) is 0 Å². The zero-order valence-electron chi connectivity index (χ0n) is 17.6. The van der Waals surface area contributed by atoms with E-state index in [9.17, 15) is 0 Å². The van der Waals surface area contributed by atoms with E-state index in [0.717, 1.165) is 22.8 Å². The monoisotopic (exact) mass is 388 g/mol.